The molecule has 0 unspecified atom stereocenters. The largest absolute Gasteiger partial charge is 0.488 e. The van der Waals surface area contributed by atoms with E-state index in [0.29, 0.717) is 5.56 Å². The standard InChI is InChI=1S/C17H14BrN3O6/c1-10(22)27-14-7-6-12(15(21(24)25)16(14)26-2)9-19-20-17(23)11-4-3-5-13(18)8-11/h3-9H,1-2H3,(H,20,23). The van der Waals surface area contributed by atoms with Gasteiger partial charge < -0.3 is 9.47 Å². The summed E-state index contributed by atoms with van der Waals surface area (Å²) in [6.07, 6.45) is 1.11. The fourth-order valence-corrected chi connectivity index (χ4v) is 2.55. The van der Waals surface area contributed by atoms with Gasteiger partial charge in [0.05, 0.1) is 23.8 Å². The molecule has 10 heteroatoms. The van der Waals surface area contributed by atoms with Crippen molar-refractivity contribution in [3.05, 3.63) is 62.1 Å². The molecule has 1 N–H and O–H groups in total. The second kappa shape index (κ2) is 8.90. The fraction of sp³-hybridized carbons (Fsp3) is 0.118. The molecule has 27 heavy (non-hydrogen) atoms. The van der Waals surface area contributed by atoms with E-state index in [1.165, 1.54) is 19.2 Å². The van der Waals surface area contributed by atoms with Crippen molar-refractivity contribution in [3.8, 4) is 11.5 Å². The van der Waals surface area contributed by atoms with Gasteiger partial charge >= 0.3 is 11.7 Å². The van der Waals surface area contributed by atoms with E-state index in [1.54, 1.807) is 24.3 Å². The van der Waals surface area contributed by atoms with Gasteiger partial charge in [0.2, 0.25) is 5.75 Å². The van der Waals surface area contributed by atoms with Crippen LogP contribution in [0.4, 0.5) is 5.69 Å². The summed E-state index contributed by atoms with van der Waals surface area (Å²) < 4.78 is 10.6. The first kappa shape index (κ1) is 20.0. The van der Waals surface area contributed by atoms with Crippen LogP contribution in [-0.2, 0) is 4.79 Å². The average Bonchev–Trinajstić information content (AvgIpc) is 2.61. The van der Waals surface area contributed by atoms with Crippen molar-refractivity contribution in [2.75, 3.05) is 7.11 Å². The number of hydrogen-bond donors (Lipinski definition) is 1. The molecule has 0 saturated heterocycles. The number of nitrogens with one attached hydrogen (secondary N) is 1. The number of methoxy groups -OCH3 is 1. The second-order valence-electron chi connectivity index (χ2n) is 5.10. The molecule has 0 atom stereocenters. The molecule has 140 valence electrons. The maximum atomic E-state index is 12.0. The number of carbonyl (C=O) groups is 2. The van der Waals surface area contributed by atoms with Gasteiger partial charge in [-0.3, -0.25) is 19.7 Å². The molecule has 0 aliphatic heterocycles. The molecule has 0 saturated carbocycles. The molecule has 2 aromatic carbocycles. The summed E-state index contributed by atoms with van der Waals surface area (Å²) in [5.74, 6) is -1.45. The minimum Gasteiger partial charge on any atom is -0.488 e. The van der Waals surface area contributed by atoms with Gasteiger partial charge in [-0.1, -0.05) is 22.0 Å². The summed E-state index contributed by atoms with van der Waals surface area (Å²) in [5.41, 5.74) is 2.26. The third kappa shape index (κ3) is 5.11. The van der Waals surface area contributed by atoms with E-state index >= 15 is 0 Å². The van der Waals surface area contributed by atoms with E-state index in [-0.39, 0.29) is 17.1 Å². The lowest BCUT2D eigenvalue weighted by Crippen LogP contribution is -2.17. The molecule has 0 aromatic heterocycles. The van der Waals surface area contributed by atoms with Gasteiger partial charge in [-0.15, -0.1) is 0 Å². The van der Waals surface area contributed by atoms with Gasteiger partial charge in [0.15, 0.2) is 5.75 Å². The normalized spacial score (nSPS) is 10.5. The van der Waals surface area contributed by atoms with Crippen LogP contribution in [0.1, 0.15) is 22.8 Å². The van der Waals surface area contributed by atoms with Gasteiger partial charge in [0.25, 0.3) is 5.91 Å². The quantitative estimate of drug-likeness (QED) is 0.244. The van der Waals surface area contributed by atoms with E-state index in [1.807, 2.05) is 0 Å². The van der Waals surface area contributed by atoms with Crippen LogP contribution in [0.5, 0.6) is 11.5 Å². The predicted octanol–water partition coefficient (Wildman–Crippen LogP) is 3.06. The lowest BCUT2D eigenvalue weighted by Gasteiger charge is -2.09. The fourth-order valence-electron chi connectivity index (χ4n) is 2.15. The number of amides is 1. The topological polar surface area (TPSA) is 120 Å². The first-order valence-corrected chi connectivity index (χ1v) is 8.25. The molecule has 2 aromatic rings. The Morgan fingerprint density at radius 1 is 1.30 bits per heavy atom. The zero-order chi connectivity index (χ0) is 20.0. The summed E-state index contributed by atoms with van der Waals surface area (Å²) >= 11 is 3.26. The Morgan fingerprint density at radius 3 is 2.63 bits per heavy atom. The SMILES string of the molecule is COc1c(OC(C)=O)ccc(C=NNC(=O)c2cccc(Br)c2)c1[N+](=O)[O-]. The van der Waals surface area contributed by atoms with Gasteiger partial charge in [-0.2, -0.15) is 5.10 Å². The molecular weight excluding hydrogens is 422 g/mol. The molecule has 2 rings (SSSR count). The predicted molar refractivity (Wildman–Crippen MR) is 100 cm³/mol. The number of esters is 1. The van der Waals surface area contributed by atoms with Gasteiger partial charge in [0, 0.05) is 17.0 Å². The molecule has 0 aliphatic carbocycles. The molecule has 0 heterocycles. The van der Waals surface area contributed by atoms with E-state index in [4.69, 9.17) is 9.47 Å². The van der Waals surface area contributed by atoms with Gasteiger partial charge in [-0.05, 0) is 30.3 Å². The maximum absolute atomic E-state index is 12.0. The number of hydrazone groups is 1. The van der Waals surface area contributed by atoms with E-state index in [0.717, 1.165) is 17.6 Å². The van der Waals surface area contributed by atoms with Crippen molar-refractivity contribution < 1.29 is 24.0 Å². The monoisotopic (exact) mass is 435 g/mol. The Bertz CT molecular complexity index is 929. The lowest BCUT2D eigenvalue weighted by molar-refractivity contribution is -0.385. The number of rotatable bonds is 6. The Kier molecular flexibility index (Phi) is 6.61. The summed E-state index contributed by atoms with van der Waals surface area (Å²) in [7, 11) is 1.21. The van der Waals surface area contributed by atoms with Gasteiger partial charge in [0.1, 0.15) is 0 Å². The highest BCUT2D eigenvalue weighted by molar-refractivity contribution is 9.10. The minimum atomic E-state index is -0.691. The molecule has 0 spiro atoms. The zero-order valence-electron chi connectivity index (χ0n) is 14.3. The van der Waals surface area contributed by atoms with Gasteiger partial charge in [-0.25, -0.2) is 5.43 Å². The summed E-state index contributed by atoms with van der Waals surface area (Å²) in [4.78, 5) is 33.9. The van der Waals surface area contributed by atoms with Crippen LogP contribution >= 0.6 is 15.9 Å². The average molecular weight is 436 g/mol. The number of hydrogen-bond acceptors (Lipinski definition) is 7. The molecule has 0 aliphatic rings. The molecule has 1 amide bonds. The van der Waals surface area contributed by atoms with Crippen LogP contribution in [0.15, 0.2) is 46.0 Å². The molecule has 9 nitrogen and oxygen atoms in total. The first-order chi connectivity index (χ1) is 12.8. The lowest BCUT2D eigenvalue weighted by atomic mass is 10.1. The van der Waals surface area contributed by atoms with Crippen LogP contribution in [0.25, 0.3) is 0 Å². The van der Waals surface area contributed by atoms with Crippen molar-refractivity contribution in [3.63, 3.8) is 0 Å². The highest BCUT2D eigenvalue weighted by Crippen LogP contribution is 2.39. The molecule has 0 fully saturated rings. The van der Waals surface area contributed by atoms with Crippen LogP contribution in [0, 0.1) is 10.1 Å². The Hall–Kier alpha value is -3.27. The maximum Gasteiger partial charge on any atom is 0.323 e. The zero-order valence-corrected chi connectivity index (χ0v) is 15.8. The van der Waals surface area contributed by atoms with Crippen molar-refractivity contribution >= 4 is 39.7 Å². The number of ether oxygens (including phenoxy) is 2. The van der Waals surface area contributed by atoms with Crippen LogP contribution in [-0.4, -0.2) is 30.1 Å². The number of nitrogens with zero attached hydrogens (tertiary/aromatic N) is 2. The summed E-state index contributed by atoms with van der Waals surface area (Å²) in [5, 5.41) is 15.2. The van der Waals surface area contributed by atoms with Crippen molar-refractivity contribution in [2.45, 2.75) is 6.92 Å². The number of nitro groups is 1. The Labute approximate surface area is 162 Å². The minimum absolute atomic E-state index is 0.0577. The van der Waals surface area contributed by atoms with Crippen molar-refractivity contribution in [1.29, 1.82) is 0 Å². The number of carbonyl (C=O) groups excluding carboxylic acids is 2. The Balaban J connectivity index is 2.29. The summed E-state index contributed by atoms with van der Waals surface area (Å²) in [6.45, 7) is 1.16. The highest BCUT2D eigenvalue weighted by atomic mass is 79.9. The number of nitro benzene ring substituents is 1. The Morgan fingerprint density at radius 2 is 2.04 bits per heavy atom. The van der Waals surface area contributed by atoms with E-state index in [2.05, 4.69) is 26.5 Å². The summed E-state index contributed by atoms with van der Waals surface area (Å²) in [6, 6.07) is 9.31. The molecule has 0 bridgehead atoms. The third-order valence-corrected chi connectivity index (χ3v) is 3.72. The van der Waals surface area contributed by atoms with Crippen LogP contribution < -0.4 is 14.9 Å². The smallest absolute Gasteiger partial charge is 0.323 e. The molecule has 0 radical (unpaired) electrons. The van der Waals surface area contributed by atoms with Crippen molar-refractivity contribution in [1.82, 2.24) is 5.43 Å². The van der Waals surface area contributed by atoms with Crippen LogP contribution in [0.3, 0.4) is 0 Å². The van der Waals surface area contributed by atoms with Crippen LogP contribution in [0.2, 0.25) is 0 Å². The van der Waals surface area contributed by atoms with Crippen molar-refractivity contribution in [2.24, 2.45) is 5.10 Å². The third-order valence-electron chi connectivity index (χ3n) is 3.22. The van der Waals surface area contributed by atoms with E-state index in [9.17, 15) is 19.7 Å². The number of halogens is 1. The highest BCUT2D eigenvalue weighted by Gasteiger charge is 2.25. The molecular formula is C17H14BrN3O6. The number of benzene rings is 2. The second-order valence-corrected chi connectivity index (χ2v) is 6.01. The first-order valence-electron chi connectivity index (χ1n) is 7.46. The van der Waals surface area contributed by atoms with E-state index < -0.39 is 22.5 Å².